The lowest BCUT2D eigenvalue weighted by Crippen LogP contribution is -2.40. The molecule has 0 unspecified atom stereocenters. The fourth-order valence-corrected chi connectivity index (χ4v) is 1.09. The summed E-state index contributed by atoms with van der Waals surface area (Å²) in [5.74, 6) is 0. The number of nitrogens with zero attached hydrogens (tertiary/aromatic N) is 2. The van der Waals surface area contributed by atoms with Gasteiger partial charge in [0.15, 0.2) is 6.19 Å². The van der Waals surface area contributed by atoms with Gasteiger partial charge >= 0.3 is 0 Å². The van der Waals surface area contributed by atoms with Gasteiger partial charge in [-0.2, -0.15) is 5.26 Å². The van der Waals surface area contributed by atoms with E-state index in [1.807, 2.05) is 6.92 Å². The second-order valence-electron chi connectivity index (χ2n) is 3.08. The number of aliphatic hydroxyl groups is 1. The topological polar surface area (TPSA) is 47.3 Å². The molecule has 1 rings (SSSR count). The van der Waals surface area contributed by atoms with Crippen molar-refractivity contribution >= 4 is 0 Å². The summed E-state index contributed by atoms with van der Waals surface area (Å²) in [6, 6.07) is 0. The standard InChI is InChI=1S/C7H12N2O/c1-7(10)2-4-9(6-8)5-3-7/h10H,2-5H2,1H3. The third-order valence-electron chi connectivity index (χ3n) is 1.98. The molecule has 0 bridgehead atoms. The minimum Gasteiger partial charge on any atom is -0.390 e. The molecule has 0 atom stereocenters. The fraction of sp³-hybridized carbons (Fsp3) is 0.857. The highest BCUT2D eigenvalue weighted by molar-refractivity contribution is 4.86. The van der Waals surface area contributed by atoms with Gasteiger partial charge in [-0.1, -0.05) is 0 Å². The van der Waals surface area contributed by atoms with Gasteiger partial charge in [-0.05, 0) is 19.8 Å². The molecule has 10 heavy (non-hydrogen) atoms. The molecule has 1 fully saturated rings. The molecule has 1 N–H and O–H groups in total. The molecule has 0 radical (unpaired) electrons. The van der Waals surface area contributed by atoms with E-state index < -0.39 is 5.60 Å². The predicted molar refractivity (Wildman–Crippen MR) is 37.0 cm³/mol. The van der Waals surface area contributed by atoms with Gasteiger partial charge in [-0.15, -0.1) is 0 Å². The summed E-state index contributed by atoms with van der Waals surface area (Å²) in [4.78, 5) is 1.68. The van der Waals surface area contributed by atoms with Crippen molar-refractivity contribution in [2.45, 2.75) is 25.4 Å². The summed E-state index contributed by atoms with van der Waals surface area (Å²) in [5.41, 5.74) is -0.534. The van der Waals surface area contributed by atoms with Gasteiger partial charge in [-0.3, -0.25) is 0 Å². The van der Waals surface area contributed by atoms with Crippen LogP contribution >= 0.6 is 0 Å². The zero-order valence-corrected chi connectivity index (χ0v) is 6.17. The van der Waals surface area contributed by atoms with Crippen LogP contribution in [-0.2, 0) is 0 Å². The van der Waals surface area contributed by atoms with E-state index in [1.54, 1.807) is 4.90 Å². The first-order valence-electron chi connectivity index (χ1n) is 3.51. The Bertz CT molecular complexity index is 149. The number of piperidine rings is 1. The number of hydrogen-bond acceptors (Lipinski definition) is 3. The van der Waals surface area contributed by atoms with Crippen molar-refractivity contribution in [1.29, 1.82) is 5.26 Å². The number of rotatable bonds is 0. The maximum absolute atomic E-state index is 9.45. The van der Waals surface area contributed by atoms with Crippen LogP contribution in [0.4, 0.5) is 0 Å². The van der Waals surface area contributed by atoms with Crippen molar-refractivity contribution in [3.63, 3.8) is 0 Å². The summed E-state index contributed by atoms with van der Waals surface area (Å²) in [5, 5.41) is 17.9. The highest BCUT2D eigenvalue weighted by Crippen LogP contribution is 2.19. The summed E-state index contributed by atoms with van der Waals surface area (Å²) in [6.45, 7) is 3.22. The third kappa shape index (κ3) is 1.61. The fourth-order valence-electron chi connectivity index (χ4n) is 1.09. The van der Waals surface area contributed by atoms with E-state index in [2.05, 4.69) is 6.19 Å². The van der Waals surface area contributed by atoms with Gasteiger partial charge in [0, 0.05) is 13.1 Å². The molecular formula is C7H12N2O. The second kappa shape index (κ2) is 2.47. The molecular weight excluding hydrogens is 128 g/mol. The van der Waals surface area contributed by atoms with E-state index in [0.29, 0.717) is 25.9 Å². The van der Waals surface area contributed by atoms with E-state index in [4.69, 9.17) is 5.26 Å². The van der Waals surface area contributed by atoms with Crippen molar-refractivity contribution in [3.05, 3.63) is 0 Å². The first-order chi connectivity index (χ1) is 4.64. The van der Waals surface area contributed by atoms with Gasteiger partial charge in [-0.25, -0.2) is 0 Å². The molecule has 0 aromatic heterocycles. The Balaban J connectivity index is 2.40. The van der Waals surface area contributed by atoms with Crippen LogP contribution in [0.2, 0.25) is 0 Å². The number of likely N-dealkylation sites (tertiary alicyclic amines) is 1. The Morgan fingerprint density at radius 3 is 2.40 bits per heavy atom. The van der Waals surface area contributed by atoms with Crippen molar-refractivity contribution in [3.8, 4) is 6.19 Å². The minimum absolute atomic E-state index is 0.534. The lowest BCUT2D eigenvalue weighted by molar-refractivity contribution is 0.00733. The molecule has 1 heterocycles. The van der Waals surface area contributed by atoms with E-state index in [0.717, 1.165) is 0 Å². The number of hydrogen-bond donors (Lipinski definition) is 1. The van der Waals surface area contributed by atoms with Gasteiger partial charge < -0.3 is 10.0 Å². The molecule has 3 heteroatoms. The average molecular weight is 140 g/mol. The Hall–Kier alpha value is -0.750. The predicted octanol–water partition coefficient (Wildman–Crippen LogP) is 0.314. The molecule has 0 aliphatic carbocycles. The molecule has 0 aromatic rings. The Kier molecular flexibility index (Phi) is 1.82. The van der Waals surface area contributed by atoms with Gasteiger partial charge in [0.25, 0.3) is 0 Å². The highest BCUT2D eigenvalue weighted by Gasteiger charge is 2.26. The van der Waals surface area contributed by atoms with Crippen LogP contribution in [0, 0.1) is 11.5 Å². The lowest BCUT2D eigenvalue weighted by atomic mass is 9.94. The van der Waals surface area contributed by atoms with Crippen LogP contribution < -0.4 is 0 Å². The van der Waals surface area contributed by atoms with Crippen LogP contribution in [0.1, 0.15) is 19.8 Å². The smallest absolute Gasteiger partial charge is 0.179 e. The van der Waals surface area contributed by atoms with Crippen molar-refractivity contribution in [2.24, 2.45) is 0 Å². The molecule has 3 nitrogen and oxygen atoms in total. The Morgan fingerprint density at radius 2 is 2.00 bits per heavy atom. The molecule has 1 aliphatic rings. The van der Waals surface area contributed by atoms with E-state index in [9.17, 15) is 5.11 Å². The molecule has 1 aliphatic heterocycles. The monoisotopic (exact) mass is 140 g/mol. The zero-order valence-electron chi connectivity index (χ0n) is 6.17. The van der Waals surface area contributed by atoms with Crippen LogP contribution in [0.5, 0.6) is 0 Å². The SMILES string of the molecule is CC1(O)CCN(C#N)CC1. The third-order valence-corrected chi connectivity index (χ3v) is 1.98. The van der Waals surface area contributed by atoms with Gasteiger partial charge in [0.1, 0.15) is 0 Å². The molecule has 0 spiro atoms. The second-order valence-corrected chi connectivity index (χ2v) is 3.08. The zero-order chi connectivity index (χ0) is 7.61. The summed E-state index contributed by atoms with van der Waals surface area (Å²) < 4.78 is 0. The quantitative estimate of drug-likeness (QED) is 0.493. The van der Waals surface area contributed by atoms with Crippen molar-refractivity contribution in [1.82, 2.24) is 4.90 Å². The summed E-state index contributed by atoms with van der Waals surface area (Å²) >= 11 is 0. The van der Waals surface area contributed by atoms with Crippen LogP contribution in [0.15, 0.2) is 0 Å². The van der Waals surface area contributed by atoms with Crippen molar-refractivity contribution in [2.75, 3.05) is 13.1 Å². The van der Waals surface area contributed by atoms with Crippen LogP contribution in [0.3, 0.4) is 0 Å². The molecule has 1 saturated heterocycles. The minimum atomic E-state index is -0.534. The highest BCUT2D eigenvalue weighted by atomic mass is 16.3. The first kappa shape index (κ1) is 7.36. The maximum atomic E-state index is 9.45. The first-order valence-corrected chi connectivity index (χ1v) is 3.51. The van der Waals surface area contributed by atoms with E-state index >= 15 is 0 Å². The molecule has 0 saturated carbocycles. The lowest BCUT2D eigenvalue weighted by Gasteiger charge is -2.32. The average Bonchev–Trinajstić information content (AvgIpc) is 1.88. The Morgan fingerprint density at radius 1 is 1.50 bits per heavy atom. The summed E-state index contributed by atoms with van der Waals surface area (Å²) in [7, 11) is 0. The maximum Gasteiger partial charge on any atom is 0.179 e. The van der Waals surface area contributed by atoms with Gasteiger partial charge in [0.05, 0.1) is 5.60 Å². The Labute approximate surface area is 60.9 Å². The van der Waals surface area contributed by atoms with E-state index in [-0.39, 0.29) is 0 Å². The molecule has 0 aromatic carbocycles. The van der Waals surface area contributed by atoms with Crippen molar-refractivity contribution < 1.29 is 5.11 Å². The molecule has 56 valence electrons. The van der Waals surface area contributed by atoms with Crippen LogP contribution in [0.25, 0.3) is 0 Å². The number of nitriles is 1. The van der Waals surface area contributed by atoms with Crippen LogP contribution in [-0.4, -0.2) is 28.7 Å². The summed E-state index contributed by atoms with van der Waals surface area (Å²) in [6.07, 6.45) is 3.48. The molecule has 0 amide bonds. The largest absolute Gasteiger partial charge is 0.390 e. The normalized spacial score (nSPS) is 23.9. The van der Waals surface area contributed by atoms with Gasteiger partial charge in [0.2, 0.25) is 0 Å². The van der Waals surface area contributed by atoms with E-state index in [1.165, 1.54) is 0 Å².